The van der Waals surface area contributed by atoms with Gasteiger partial charge in [-0.2, -0.15) is 0 Å². The van der Waals surface area contributed by atoms with Gasteiger partial charge in [-0.25, -0.2) is 4.79 Å². The number of carbonyl (C=O) groups is 1. The van der Waals surface area contributed by atoms with E-state index in [2.05, 4.69) is 39.5 Å². The Morgan fingerprint density at radius 3 is 2.09 bits per heavy atom. The van der Waals surface area contributed by atoms with Crippen molar-refractivity contribution in [2.24, 2.45) is 0 Å². The molecule has 0 bridgehead atoms. The van der Waals surface area contributed by atoms with E-state index in [1.807, 2.05) is 30.3 Å². The van der Waals surface area contributed by atoms with E-state index in [1.54, 1.807) is 31.3 Å². The SMILES string of the molecule is COc1cccc(OC)c1NC(=O)N1CCN(c2ccc(-c3ccc(C)cc3)nn2)CC1. The number of piperazine rings is 1. The summed E-state index contributed by atoms with van der Waals surface area (Å²) in [7, 11) is 3.13. The minimum Gasteiger partial charge on any atom is -0.494 e. The van der Waals surface area contributed by atoms with E-state index in [0.717, 1.165) is 17.1 Å². The van der Waals surface area contributed by atoms with Crippen molar-refractivity contribution in [3.05, 3.63) is 60.2 Å². The lowest BCUT2D eigenvalue weighted by molar-refractivity contribution is 0.207. The first kappa shape index (κ1) is 21.4. The van der Waals surface area contributed by atoms with Gasteiger partial charge in [0.2, 0.25) is 0 Å². The molecule has 0 radical (unpaired) electrons. The van der Waals surface area contributed by atoms with Gasteiger partial charge in [-0.05, 0) is 31.2 Å². The average molecular weight is 434 g/mol. The number of benzene rings is 2. The van der Waals surface area contributed by atoms with Gasteiger partial charge in [-0.3, -0.25) is 0 Å². The van der Waals surface area contributed by atoms with Crippen molar-refractivity contribution in [1.82, 2.24) is 15.1 Å². The number of nitrogens with one attached hydrogen (secondary N) is 1. The molecule has 8 nitrogen and oxygen atoms in total. The second-order valence-corrected chi connectivity index (χ2v) is 7.58. The molecule has 8 heteroatoms. The van der Waals surface area contributed by atoms with E-state index in [1.165, 1.54) is 5.56 Å². The van der Waals surface area contributed by atoms with E-state index in [4.69, 9.17) is 9.47 Å². The van der Waals surface area contributed by atoms with Crippen LogP contribution >= 0.6 is 0 Å². The van der Waals surface area contributed by atoms with E-state index in [-0.39, 0.29) is 6.03 Å². The van der Waals surface area contributed by atoms with Crippen LogP contribution in [0.3, 0.4) is 0 Å². The standard InChI is InChI=1S/C24H27N5O3/c1-17-7-9-18(10-8-17)19-11-12-22(27-26-19)28-13-15-29(16-14-28)24(30)25-23-20(31-2)5-4-6-21(23)32-3/h4-12H,13-16H2,1-3H3,(H,25,30). The minimum atomic E-state index is -0.187. The number of urea groups is 1. The van der Waals surface area contributed by atoms with E-state index >= 15 is 0 Å². The molecule has 166 valence electrons. The minimum absolute atomic E-state index is 0.187. The zero-order chi connectivity index (χ0) is 22.5. The average Bonchev–Trinajstić information content (AvgIpc) is 2.85. The summed E-state index contributed by atoms with van der Waals surface area (Å²) >= 11 is 0. The number of ether oxygens (including phenoxy) is 2. The van der Waals surface area contributed by atoms with Crippen LogP contribution < -0.4 is 19.7 Å². The first-order valence-corrected chi connectivity index (χ1v) is 10.5. The lowest BCUT2D eigenvalue weighted by Gasteiger charge is -2.35. The fourth-order valence-corrected chi connectivity index (χ4v) is 3.67. The summed E-state index contributed by atoms with van der Waals surface area (Å²) in [5, 5.41) is 11.7. The van der Waals surface area contributed by atoms with Gasteiger partial charge in [0.05, 0.1) is 19.9 Å². The molecule has 1 N–H and O–H groups in total. The van der Waals surface area contributed by atoms with Crippen LogP contribution in [0.25, 0.3) is 11.3 Å². The van der Waals surface area contributed by atoms with Crippen LogP contribution in [0.5, 0.6) is 11.5 Å². The Morgan fingerprint density at radius 1 is 0.875 bits per heavy atom. The van der Waals surface area contributed by atoms with E-state index < -0.39 is 0 Å². The molecule has 1 aromatic heterocycles. The summed E-state index contributed by atoms with van der Waals surface area (Å²) in [6.07, 6.45) is 0. The molecule has 0 aliphatic carbocycles. The quantitative estimate of drug-likeness (QED) is 0.659. The van der Waals surface area contributed by atoms with Gasteiger partial charge in [0.15, 0.2) is 5.82 Å². The normalized spacial score (nSPS) is 13.6. The van der Waals surface area contributed by atoms with Crippen molar-refractivity contribution in [2.75, 3.05) is 50.6 Å². The molecular formula is C24H27N5O3. The molecule has 1 aliphatic rings. The number of anilines is 2. The van der Waals surface area contributed by atoms with Gasteiger partial charge >= 0.3 is 6.03 Å². The Labute approximate surface area is 187 Å². The highest BCUT2D eigenvalue weighted by molar-refractivity contribution is 5.93. The Morgan fingerprint density at radius 2 is 1.53 bits per heavy atom. The Hall–Kier alpha value is -3.81. The molecule has 2 heterocycles. The second-order valence-electron chi connectivity index (χ2n) is 7.58. The summed E-state index contributed by atoms with van der Waals surface area (Å²) in [4.78, 5) is 16.7. The zero-order valence-electron chi connectivity index (χ0n) is 18.5. The summed E-state index contributed by atoms with van der Waals surface area (Å²) in [6, 6.07) is 17.4. The van der Waals surface area contributed by atoms with Crippen LogP contribution in [0.4, 0.5) is 16.3 Å². The van der Waals surface area contributed by atoms with Crippen molar-refractivity contribution in [2.45, 2.75) is 6.92 Å². The number of hydrogen-bond acceptors (Lipinski definition) is 6. The largest absolute Gasteiger partial charge is 0.494 e. The Bertz CT molecular complexity index is 1040. The number of aryl methyl sites for hydroxylation is 1. The second kappa shape index (κ2) is 9.55. The first-order chi connectivity index (χ1) is 15.6. The van der Waals surface area contributed by atoms with Gasteiger partial charge in [0.1, 0.15) is 17.2 Å². The first-order valence-electron chi connectivity index (χ1n) is 10.5. The molecule has 1 fully saturated rings. The summed E-state index contributed by atoms with van der Waals surface area (Å²) in [6.45, 7) is 4.56. The third-order valence-corrected chi connectivity index (χ3v) is 5.55. The number of methoxy groups -OCH3 is 2. The molecule has 4 rings (SSSR count). The van der Waals surface area contributed by atoms with Crippen LogP contribution in [-0.2, 0) is 0 Å². The lowest BCUT2D eigenvalue weighted by atomic mass is 10.1. The molecule has 0 saturated carbocycles. The number of nitrogens with zero attached hydrogens (tertiary/aromatic N) is 4. The molecule has 2 amide bonds. The highest BCUT2D eigenvalue weighted by atomic mass is 16.5. The fourth-order valence-electron chi connectivity index (χ4n) is 3.67. The molecule has 3 aromatic rings. The summed E-state index contributed by atoms with van der Waals surface area (Å²) in [5.74, 6) is 1.92. The zero-order valence-corrected chi connectivity index (χ0v) is 18.5. The van der Waals surface area contributed by atoms with Gasteiger partial charge in [-0.1, -0.05) is 35.9 Å². The predicted molar refractivity (Wildman–Crippen MR) is 125 cm³/mol. The van der Waals surface area contributed by atoms with Gasteiger partial charge in [-0.15, -0.1) is 10.2 Å². The van der Waals surface area contributed by atoms with Crippen molar-refractivity contribution in [3.8, 4) is 22.8 Å². The maximum absolute atomic E-state index is 12.8. The Kier molecular flexibility index (Phi) is 6.39. The molecule has 2 aromatic carbocycles. The third kappa shape index (κ3) is 4.59. The van der Waals surface area contributed by atoms with Crippen molar-refractivity contribution >= 4 is 17.5 Å². The maximum atomic E-state index is 12.8. The molecule has 0 unspecified atom stereocenters. The number of carbonyl (C=O) groups excluding carboxylic acids is 1. The number of para-hydroxylation sites is 1. The molecule has 32 heavy (non-hydrogen) atoms. The summed E-state index contributed by atoms with van der Waals surface area (Å²) < 4.78 is 10.7. The lowest BCUT2D eigenvalue weighted by Crippen LogP contribution is -2.50. The highest BCUT2D eigenvalue weighted by Gasteiger charge is 2.24. The van der Waals surface area contributed by atoms with Gasteiger partial charge in [0, 0.05) is 31.7 Å². The predicted octanol–water partition coefficient (Wildman–Crippen LogP) is 3.82. The van der Waals surface area contributed by atoms with Crippen LogP contribution in [0.15, 0.2) is 54.6 Å². The number of hydrogen-bond donors (Lipinski definition) is 1. The fraction of sp³-hybridized carbons (Fsp3) is 0.292. The van der Waals surface area contributed by atoms with Crippen molar-refractivity contribution < 1.29 is 14.3 Å². The topological polar surface area (TPSA) is 79.8 Å². The van der Waals surface area contributed by atoms with Crippen LogP contribution in [0.2, 0.25) is 0 Å². The number of aromatic nitrogens is 2. The molecule has 1 saturated heterocycles. The van der Waals surface area contributed by atoms with E-state index in [0.29, 0.717) is 43.4 Å². The number of amides is 2. The highest BCUT2D eigenvalue weighted by Crippen LogP contribution is 2.34. The molecular weight excluding hydrogens is 406 g/mol. The smallest absolute Gasteiger partial charge is 0.322 e. The molecule has 1 aliphatic heterocycles. The monoisotopic (exact) mass is 433 g/mol. The maximum Gasteiger partial charge on any atom is 0.322 e. The Balaban J connectivity index is 1.37. The number of rotatable bonds is 5. The molecule has 0 spiro atoms. The van der Waals surface area contributed by atoms with Gasteiger partial charge < -0.3 is 24.6 Å². The molecule has 0 atom stereocenters. The van der Waals surface area contributed by atoms with Crippen LogP contribution in [-0.4, -0.2) is 61.5 Å². The summed E-state index contributed by atoms with van der Waals surface area (Å²) in [5.41, 5.74) is 3.63. The van der Waals surface area contributed by atoms with Gasteiger partial charge in [0.25, 0.3) is 0 Å². The van der Waals surface area contributed by atoms with Crippen LogP contribution in [0, 0.1) is 6.92 Å². The van der Waals surface area contributed by atoms with Crippen molar-refractivity contribution in [3.63, 3.8) is 0 Å². The van der Waals surface area contributed by atoms with E-state index in [9.17, 15) is 4.79 Å². The van der Waals surface area contributed by atoms with Crippen molar-refractivity contribution in [1.29, 1.82) is 0 Å². The van der Waals surface area contributed by atoms with Crippen LogP contribution in [0.1, 0.15) is 5.56 Å². The third-order valence-electron chi connectivity index (χ3n) is 5.55.